The van der Waals surface area contributed by atoms with E-state index in [9.17, 15) is 9.59 Å². The number of esters is 1. The van der Waals surface area contributed by atoms with Crippen LogP contribution in [0, 0.1) is 0 Å². The van der Waals surface area contributed by atoms with Gasteiger partial charge in [-0.3, -0.25) is 4.79 Å². The Morgan fingerprint density at radius 2 is 2.08 bits per heavy atom. The van der Waals surface area contributed by atoms with Gasteiger partial charge in [0.15, 0.2) is 0 Å². The molecule has 0 saturated heterocycles. The van der Waals surface area contributed by atoms with Crippen LogP contribution >= 0.6 is 0 Å². The zero-order valence-electron chi connectivity index (χ0n) is 15.5. The molecule has 0 bridgehead atoms. The number of aromatic nitrogens is 2. The number of nitrogens with one attached hydrogen (secondary N) is 1. The summed E-state index contributed by atoms with van der Waals surface area (Å²) in [4.78, 5) is 28.2. The standard InChI is InChI=1S/C18H23N3O5/c1-6-11(2)25-15-9-12(7-8-19-15)16(22)20-18(3,4)14-10-13(26-21-14)17(23)24-5/h7-11H,6H2,1-5H3,(H,20,22)/t11-/m0/s1. The van der Waals surface area contributed by atoms with E-state index in [1.165, 1.54) is 19.4 Å². The van der Waals surface area contributed by atoms with Gasteiger partial charge in [0.2, 0.25) is 11.6 Å². The zero-order valence-corrected chi connectivity index (χ0v) is 15.5. The van der Waals surface area contributed by atoms with Crippen molar-refractivity contribution in [3.8, 4) is 5.88 Å². The summed E-state index contributed by atoms with van der Waals surface area (Å²) < 4.78 is 15.2. The summed E-state index contributed by atoms with van der Waals surface area (Å²) in [6.07, 6.45) is 2.36. The fourth-order valence-corrected chi connectivity index (χ4v) is 2.09. The third kappa shape index (κ3) is 4.59. The second-order valence-electron chi connectivity index (χ2n) is 6.37. The lowest BCUT2D eigenvalue weighted by Crippen LogP contribution is -2.41. The van der Waals surface area contributed by atoms with Crippen molar-refractivity contribution in [3.05, 3.63) is 41.4 Å². The molecule has 0 aliphatic rings. The second kappa shape index (κ2) is 7.99. The van der Waals surface area contributed by atoms with Crippen molar-refractivity contribution in [3.63, 3.8) is 0 Å². The average molecular weight is 361 g/mol. The van der Waals surface area contributed by atoms with Crippen molar-refractivity contribution >= 4 is 11.9 Å². The lowest BCUT2D eigenvalue weighted by Gasteiger charge is -2.23. The van der Waals surface area contributed by atoms with Crippen LogP contribution in [0.5, 0.6) is 5.88 Å². The minimum absolute atomic E-state index is 0.00382. The van der Waals surface area contributed by atoms with Crippen LogP contribution < -0.4 is 10.1 Å². The van der Waals surface area contributed by atoms with Crippen molar-refractivity contribution in [2.24, 2.45) is 0 Å². The number of ether oxygens (including phenoxy) is 2. The molecule has 8 heteroatoms. The highest BCUT2D eigenvalue weighted by Gasteiger charge is 2.29. The molecule has 0 saturated carbocycles. The van der Waals surface area contributed by atoms with Crippen LogP contribution in [0.4, 0.5) is 0 Å². The van der Waals surface area contributed by atoms with Crippen molar-refractivity contribution in [1.29, 1.82) is 0 Å². The largest absolute Gasteiger partial charge is 0.475 e. The predicted octanol–water partition coefficient (Wildman–Crippen LogP) is 2.70. The average Bonchev–Trinajstić information content (AvgIpc) is 3.12. The van der Waals surface area contributed by atoms with E-state index in [1.807, 2.05) is 13.8 Å². The predicted molar refractivity (Wildman–Crippen MR) is 93.0 cm³/mol. The van der Waals surface area contributed by atoms with Gasteiger partial charge in [-0.15, -0.1) is 0 Å². The first-order valence-corrected chi connectivity index (χ1v) is 8.27. The number of hydrogen-bond donors (Lipinski definition) is 1. The number of nitrogens with zero attached hydrogens (tertiary/aromatic N) is 2. The first-order valence-electron chi connectivity index (χ1n) is 8.27. The van der Waals surface area contributed by atoms with Gasteiger partial charge in [-0.2, -0.15) is 0 Å². The summed E-state index contributed by atoms with van der Waals surface area (Å²) in [5.41, 5.74) is -0.0622. The van der Waals surface area contributed by atoms with E-state index in [1.54, 1.807) is 26.0 Å². The lowest BCUT2D eigenvalue weighted by molar-refractivity contribution is 0.0554. The Balaban J connectivity index is 2.14. The number of carbonyl (C=O) groups is 2. The second-order valence-corrected chi connectivity index (χ2v) is 6.37. The summed E-state index contributed by atoms with van der Waals surface area (Å²) in [5.74, 6) is -0.599. The number of hydrogen-bond acceptors (Lipinski definition) is 7. The van der Waals surface area contributed by atoms with E-state index in [0.717, 1.165) is 6.42 Å². The maximum atomic E-state index is 12.6. The van der Waals surface area contributed by atoms with Crippen molar-refractivity contribution in [1.82, 2.24) is 15.5 Å². The fourth-order valence-electron chi connectivity index (χ4n) is 2.09. The van der Waals surface area contributed by atoms with Crippen LogP contribution in [-0.2, 0) is 10.3 Å². The molecular weight excluding hydrogens is 338 g/mol. The minimum Gasteiger partial charge on any atom is -0.475 e. The number of pyridine rings is 1. The highest BCUT2D eigenvalue weighted by atomic mass is 16.5. The molecule has 0 spiro atoms. The van der Waals surface area contributed by atoms with Gasteiger partial charge in [0.25, 0.3) is 5.91 Å². The number of amides is 1. The highest BCUT2D eigenvalue weighted by Crippen LogP contribution is 2.21. The Kier molecular flexibility index (Phi) is 5.97. The maximum Gasteiger partial charge on any atom is 0.376 e. The molecule has 2 aromatic rings. The van der Waals surface area contributed by atoms with Crippen molar-refractivity contribution < 1.29 is 23.6 Å². The highest BCUT2D eigenvalue weighted by molar-refractivity contribution is 5.95. The molecule has 2 rings (SSSR count). The monoisotopic (exact) mass is 361 g/mol. The van der Waals surface area contributed by atoms with Gasteiger partial charge in [0, 0.05) is 23.9 Å². The third-order valence-electron chi connectivity index (χ3n) is 3.86. The molecule has 0 aliphatic carbocycles. The van der Waals surface area contributed by atoms with E-state index in [4.69, 9.17) is 9.26 Å². The Hall–Kier alpha value is -2.90. The summed E-state index contributed by atoms with van der Waals surface area (Å²) in [7, 11) is 1.25. The molecule has 2 aromatic heterocycles. The van der Waals surface area contributed by atoms with Crippen LogP contribution in [0.25, 0.3) is 0 Å². The van der Waals surface area contributed by atoms with E-state index in [-0.39, 0.29) is 17.8 Å². The summed E-state index contributed by atoms with van der Waals surface area (Å²) in [6, 6.07) is 4.62. The van der Waals surface area contributed by atoms with Gasteiger partial charge in [0.1, 0.15) is 5.69 Å². The molecule has 0 aromatic carbocycles. The number of carbonyl (C=O) groups excluding carboxylic acids is 2. The first-order chi connectivity index (χ1) is 12.3. The third-order valence-corrected chi connectivity index (χ3v) is 3.86. The SMILES string of the molecule is CC[C@H](C)Oc1cc(C(=O)NC(C)(C)c2cc(C(=O)OC)on2)ccn1. The molecule has 0 unspecified atom stereocenters. The molecule has 0 fully saturated rings. The summed E-state index contributed by atoms with van der Waals surface area (Å²) in [6.45, 7) is 7.44. The molecule has 26 heavy (non-hydrogen) atoms. The van der Waals surface area contributed by atoms with E-state index in [2.05, 4.69) is 20.2 Å². The molecule has 0 radical (unpaired) electrons. The van der Waals surface area contributed by atoms with Gasteiger partial charge >= 0.3 is 5.97 Å². The molecule has 1 N–H and O–H groups in total. The van der Waals surface area contributed by atoms with Crippen molar-refractivity contribution in [2.45, 2.75) is 45.8 Å². The molecule has 8 nitrogen and oxygen atoms in total. The fraction of sp³-hybridized carbons (Fsp3) is 0.444. The summed E-state index contributed by atoms with van der Waals surface area (Å²) in [5, 5.41) is 6.70. The minimum atomic E-state index is -0.867. The molecule has 2 heterocycles. The molecule has 1 amide bonds. The normalized spacial score (nSPS) is 12.3. The molecular formula is C18H23N3O5. The van der Waals surface area contributed by atoms with Gasteiger partial charge in [0.05, 0.1) is 18.8 Å². The van der Waals surface area contributed by atoms with E-state index >= 15 is 0 Å². The van der Waals surface area contributed by atoms with Crippen LogP contribution in [0.3, 0.4) is 0 Å². The van der Waals surface area contributed by atoms with Gasteiger partial charge in [-0.1, -0.05) is 12.1 Å². The lowest BCUT2D eigenvalue weighted by atomic mass is 9.99. The number of methoxy groups -OCH3 is 1. The summed E-state index contributed by atoms with van der Waals surface area (Å²) >= 11 is 0. The molecule has 1 atom stereocenters. The Morgan fingerprint density at radius 3 is 2.73 bits per heavy atom. The number of rotatable bonds is 7. The van der Waals surface area contributed by atoms with Crippen LogP contribution in [0.1, 0.15) is 60.7 Å². The van der Waals surface area contributed by atoms with Crippen LogP contribution in [-0.4, -0.2) is 35.2 Å². The van der Waals surface area contributed by atoms with Crippen molar-refractivity contribution in [2.75, 3.05) is 7.11 Å². The topological polar surface area (TPSA) is 104 Å². The van der Waals surface area contributed by atoms with E-state index in [0.29, 0.717) is 17.1 Å². The van der Waals surface area contributed by atoms with Gasteiger partial charge < -0.3 is 19.3 Å². The maximum absolute atomic E-state index is 12.6. The van der Waals surface area contributed by atoms with Gasteiger partial charge in [-0.05, 0) is 33.3 Å². The first kappa shape index (κ1) is 19.4. The molecule has 140 valence electrons. The zero-order chi connectivity index (χ0) is 19.3. The van der Waals surface area contributed by atoms with Crippen LogP contribution in [0.2, 0.25) is 0 Å². The Labute approximate surface area is 151 Å². The molecule has 0 aliphatic heterocycles. The Bertz CT molecular complexity index is 785. The van der Waals surface area contributed by atoms with E-state index < -0.39 is 11.5 Å². The smallest absolute Gasteiger partial charge is 0.376 e. The Morgan fingerprint density at radius 1 is 1.35 bits per heavy atom. The quantitative estimate of drug-likeness (QED) is 0.756. The van der Waals surface area contributed by atoms with Crippen LogP contribution in [0.15, 0.2) is 28.9 Å². The van der Waals surface area contributed by atoms with Gasteiger partial charge in [-0.25, -0.2) is 9.78 Å².